The first-order valence-corrected chi connectivity index (χ1v) is 15.2. The zero-order valence-corrected chi connectivity index (χ0v) is 24.5. The maximum atomic E-state index is 12.8. The van der Waals surface area contributed by atoms with Crippen LogP contribution in [0.5, 0.6) is 11.6 Å². The summed E-state index contributed by atoms with van der Waals surface area (Å²) in [4.78, 5) is 24.6. The van der Waals surface area contributed by atoms with Crippen LogP contribution in [0.3, 0.4) is 0 Å². The molecule has 0 radical (unpaired) electrons. The van der Waals surface area contributed by atoms with Crippen molar-refractivity contribution >= 4 is 17.7 Å². The average Bonchev–Trinajstić information content (AvgIpc) is 2.98. The number of piperidine rings is 1. The van der Waals surface area contributed by atoms with Crippen molar-refractivity contribution < 1.29 is 14.3 Å². The van der Waals surface area contributed by atoms with Crippen LogP contribution in [0.1, 0.15) is 68.9 Å². The third kappa shape index (κ3) is 8.43. The molecule has 41 heavy (non-hydrogen) atoms. The topological polar surface area (TPSA) is 88.6 Å². The van der Waals surface area contributed by atoms with E-state index in [1.165, 1.54) is 44.3 Å². The molecule has 218 valence electrons. The van der Waals surface area contributed by atoms with Crippen LogP contribution in [0.2, 0.25) is 0 Å². The second kappa shape index (κ2) is 14.3. The monoisotopic (exact) mass is 557 g/mol. The Bertz CT molecular complexity index is 1300. The molecule has 8 heteroatoms. The lowest BCUT2D eigenvalue weighted by Crippen LogP contribution is -2.38. The number of carbonyl (C=O) groups is 1. The van der Waals surface area contributed by atoms with Crippen LogP contribution in [0.4, 0.5) is 16.4 Å². The van der Waals surface area contributed by atoms with E-state index in [-0.39, 0.29) is 11.9 Å². The molecule has 1 amide bonds. The molecule has 1 saturated carbocycles. The van der Waals surface area contributed by atoms with Crippen molar-refractivity contribution in [1.82, 2.24) is 20.2 Å². The van der Waals surface area contributed by atoms with E-state index >= 15 is 0 Å². The highest BCUT2D eigenvalue weighted by atomic mass is 16.6. The van der Waals surface area contributed by atoms with E-state index in [9.17, 15) is 4.79 Å². The number of hydrogen-bond acceptors (Lipinski definition) is 7. The molecule has 3 aromatic rings. The van der Waals surface area contributed by atoms with Crippen molar-refractivity contribution in [3.63, 3.8) is 0 Å². The third-order valence-corrected chi connectivity index (χ3v) is 8.13. The zero-order chi connectivity index (χ0) is 28.4. The van der Waals surface area contributed by atoms with Crippen LogP contribution in [0, 0.1) is 13.8 Å². The van der Waals surface area contributed by atoms with Gasteiger partial charge in [0.25, 0.3) is 0 Å². The summed E-state index contributed by atoms with van der Waals surface area (Å²) in [5, 5.41) is 6.31. The highest BCUT2D eigenvalue weighted by Gasteiger charge is 2.19. The number of nitrogens with one attached hydrogen (secondary N) is 2. The molecule has 2 fully saturated rings. The molecule has 5 rings (SSSR count). The lowest BCUT2D eigenvalue weighted by molar-refractivity contribution is 0.190. The number of aryl methyl sites for hydroxylation is 1. The van der Waals surface area contributed by atoms with Crippen molar-refractivity contribution in [3.05, 3.63) is 59.7 Å². The van der Waals surface area contributed by atoms with Gasteiger partial charge in [-0.2, -0.15) is 4.98 Å². The quantitative estimate of drug-likeness (QED) is 0.255. The van der Waals surface area contributed by atoms with Gasteiger partial charge in [0.2, 0.25) is 11.8 Å². The second-order valence-corrected chi connectivity index (χ2v) is 11.3. The SMILES string of the molecule is Cc1cccc(-c2cc(OC(=O)NC3CCCCC3)nc(Nc3cccc(OCCCN4CCCCC4)c3)n2)c1C. The second-order valence-electron chi connectivity index (χ2n) is 11.3. The summed E-state index contributed by atoms with van der Waals surface area (Å²) in [7, 11) is 0. The van der Waals surface area contributed by atoms with Gasteiger partial charge in [-0.05, 0) is 82.3 Å². The van der Waals surface area contributed by atoms with Crippen LogP contribution in [0.15, 0.2) is 48.5 Å². The fraction of sp³-hybridized carbons (Fsp3) is 0.485. The molecular formula is C33H43N5O3. The van der Waals surface area contributed by atoms with Crippen LogP contribution < -0.4 is 20.1 Å². The highest BCUT2D eigenvalue weighted by Crippen LogP contribution is 2.29. The highest BCUT2D eigenvalue weighted by molar-refractivity contribution is 5.72. The molecule has 8 nitrogen and oxygen atoms in total. The lowest BCUT2D eigenvalue weighted by atomic mass is 9.96. The summed E-state index contributed by atoms with van der Waals surface area (Å²) in [5.74, 6) is 1.35. The van der Waals surface area contributed by atoms with E-state index in [1.807, 2.05) is 36.4 Å². The summed E-state index contributed by atoms with van der Waals surface area (Å²) in [5.41, 5.74) is 4.75. The molecule has 2 aliphatic rings. The number of benzene rings is 2. The molecule has 0 spiro atoms. The largest absolute Gasteiger partial charge is 0.493 e. The first-order chi connectivity index (χ1) is 20.0. The summed E-state index contributed by atoms with van der Waals surface area (Å²) < 4.78 is 11.8. The molecule has 1 saturated heterocycles. The van der Waals surface area contributed by atoms with Gasteiger partial charge < -0.3 is 25.0 Å². The first-order valence-electron chi connectivity index (χ1n) is 15.2. The van der Waals surface area contributed by atoms with Gasteiger partial charge in [0.05, 0.1) is 12.3 Å². The number of hydrogen-bond donors (Lipinski definition) is 2. The Balaban J connectivity index is 1.29. The minimum absolute atomic E-state index is 0.150. The van der Waals surface area contributed by atoms with Gasteiger partial charge in [-0.25, -0.2) is 9.78 Å². The Hall–Kier alpha value is -3.65. The van der Waals surface area contributed by atoms with Gasteiger partial charge in [0.1, 0.15) is 5.75 Å². The van der Waals surface area contributed by atoms with Gasteiger partial charge >= 0.3 is 6.09 Å². The van der Waals surface area contributed by atoms with Crippen molar-refractivity contribution in [2.75, 3.05) is 31.6 Å². The molecule has 1 aliphatic carbocycles. The van der Waals surface area contributed by atoms with Gasteiger partial charge in [-0.15, -0.1) is 0 Å². The number of anilines is 2. The van der Waals surface area contributed by atoms with Crippen LogP contribution in [-0.2, 0) is 0 Å². The molecular weight excluding hydrogens is 514 g/mol. The Labute approximate surface area is 243 Å². The summed E-state index contributed by atoms with van der Waals surface area (Å²) >= 11 is 0. The van der Waals surface area contributed by atoms with Crippen molar-refractivity contribution in [3.8, 4) is 22.9 Å². The third-order valence-electron chi connectivity index (χ3n) is 8.13. The predicted molar refractivity (Wildman–Crippen MR) is 163 cm³/mol. The molecule has 1 aromatic heterocycles. The van der Waals surface area contributed by atoms with Gasteiger partial charge in [-0.3, -0.25) is 0 Å². The number of aromatic nitrogens is 2. The maximum absolute atomic E-state index is 12.8. The normalized spacial score (nSPS) is 16.2. The molecule has 0 atom stereocenters. The van der Waals surface area contributed by atoms with Crippen LogP contribution in [0.25, 0.3) is 11.3 Å². The summed E-state index contributed by atoms with van der Waals surface area (Å²) in [6.45, 7) is 8.30. The fourth-order valence-electron chi connectivity index (χ4n) is 5.69. The maximum Gasteiger partial charge on any atom is 0.414 e. The van der Waals surface area contributed by atoms with E-state index in [1.54, 1.807) is 6.07 Å². The van der Waals surface area contributed by atoms with Crippen LogP contribution in [-0.4, -0.2) is 53.2 Å². The fourth-order valence-corrected chi connectivity index (χ4v) is 5.69. The Kier molecular flexibility index (Phi) is 10.1. The molecule has 1 aliphatic heterocycles. The van der Waals surface area contributed by atoms with Crippen LogP contribution >= 0.6 is 0 Å². The summed E-state index contributed by atoms with van der Waals surface area (Å²) in [6.07, 6.45) is 9.93. The molecule has 0 unspecified atom stereocenters. The smallest absolute Gasteiger partial charge is 0.414 e. The standard InChI is InChI=1S/C33H43N5O3/c1-24-12-9-17-29(25(24)2)30-23-31(41-33(39)35-26-13-5-3-6-14-26)37-32(36-30)34-27-15-10-16-28(22-27)40-21-11-20-38-18-7-4-8-19-38/h9-10,12,15-17,22-23,26H,3-8,11,13-14,18-21H2,1-2H3,(H,35,39)(H,34,36,37). The summed E-state index contributed by atoms with van der Waals surface area (Å²) in [6, 6.07) is 15.8. The van der Waals surface area contributed by atoms with Crippen molar-refractivity contribution in [2.45, 2.75) is 77.7 Å². The van der Waals surface area contributed by atoms with Crippen molar-refractivity contribution in [1.29, 1.82) is 0 Å². The molecule has 2 heterocycles. The number of carbonyl (C=O) groups excluding carboxylic acids is 1. The Morgan fingerprint density at radius 2 is 1.73 bits per heavy atom. The minimum Gasteiger partial charge on any atom is -0.493 e. The van der Waals surface area contributed by atoms with Crippen molar-refractivity contribution in [2.24, 2.45) is 0 Å². The number of amides is 1. The Morgan fingerprint density at radius 3 is 2.56 bits per heavy atom. The van der Waals surface area contributed by atoms with E-state index in [4.69, 9.17) is 14.5 Å². The van der Waals surface area contributed by atoms with E-state index in [0.29, 0.717) is 18.2 Å². The van der Waals surface area contributed by atoms with E-state index in [0.717, 1.165) is 61.2 Å². The number of likely N-dealkylation sites (tertiary alicyclic amines) is 1. The van der Waals surface area contributed by atoms with Gasteiger partial charge in [0.15, 0.2) is 0 Å². The zero-order valence-electron chi connectivity index (χ0n) is 24.5. The molecule has 2 aromatic carbocycles. The number of nitrogens with zero attached hydrogens (tertiary/aromatic N) is 3. The number of ether oxygens (including phenoxy) is 2. The predicted octanol–water partition coefficient (Wildman–Crippen LogP) is 7.18. The van der Waals surface area contributed by atoms with Gasteiger partial charge in [-0.1, -0.05) is 49.9 Å². The average molecular weight is 558 g/mol. The molecule has 2 N–H and O–H groups in total. The Morgan fingerprint density at radius 1 is 0.951 bits per heavy atom. The van der Waals surface area contributed by atoms with E-state index in [2.05, 4.69) is 40.4 Å². The van der Waals surface area contributed by atoms with Gasteiger partial charge in [0, 0.05) is 36.0 Å². The number of rotatable bonds is 10. The first kappa shape index (κ1) is 28.9. The minimum atomic E-state index is -0.478. The lowest BCUT2D eigenvalue weighted by Gasteiger charge is -2.26. The molecule has 0 bridgehead atoms. The van der Waals surface area contributed by atoms with E-state index < -0.39 is 6.09 Å².